The molecule has 31 heavy (non-hydrogen) atoms. The van der Waals surface area contributed by atoms with Gasteiger partial charge in [0.2, 0.25) is 5.82 Å². The van der Waals surface area contributed by atoms with Crippen molar-refractivity contribution in [2.24, 2.45) is 0 Å². The zero-order valence-corrected chi connectivity index (χ0v) is 19.3. The number of rotatable bonds is 8. The van der Waals surface area contributed by atoms with Crippen molar-refractivity contribution in [2.75, 3.05) is 18.5 Å². The molecule has 0 aliphatic heterocycles. The van der Waals surface area contributed by atoms with Gasteiger partial charge in [-0.15, -0.1) is 11.3 Å². The van der Waals surface area contributed by atoms with Crippen molar-refractivity contribution in [1.82, 2.24) is 20.1 Å². The van der Waals surface area contributed by atoms with Crippen molar-refractivity contribution < 1.29 is 14.4 Å². The maximum atomic E-state index is 9.38. The van der Waals surface area contributed by atoms with Gasteiger partial charge in [0.1, 0.15) is 22.8 Å². The lowest BCUT2D eigenvalue weighted by Gasteiger charge is -2.09. The van der Waals surface area contributed by atoms with Gasteiger partial charge in [-0.1, -0.05) is 27.2 Å². The van der Waals surface area contributed by atoms with Gasteiger partial charge >= 0.3 is 6.08 Å². The van der Waals surface area contributed by atoms with Crippen LogP contribution in [0.5, 0.6) is 11.8 Å². The van der Waals surface area contributed by atoms with Gasteiger partial charge in [-0.05, 0) is 43.5 Å². The van der Waals surface area contributed by atoms with E-state index in [4.69, 9.17) is 4.74 Å². The fraction of sp³-hybridized carbons (Fsp3) is 0.238. The zero-order chi connectivity index (χ0) is 21.8. The highest BCUT2D eigenvalue weighted by atomic mass is 79.9. The highest BCUT2D eigenvalue weighted by molar-refractivity contribution is 9.10. The van der Waals surface area contributed by atoms with Crippen LogP contribution in [-0.2, 0) is 6.42 Å². The van der Waals surface area contributed by atoms with Crippen molar-refractivity contribution in [2.45, 2.75) is 20.3 Å². The lowest BCUT2D eigenvalue weighted by molar-refractivity contribution is 0.267. The summed E-state index contributed by atoms with van der Waals surface area (Å²) >= 11 is 4.91. The number of ether oxygens (including phenoxy) is 1. The van der Waals surface area contributed by atoms with Crippen LogP contribution in [0.4, 0.5) is 5.82 Å². The van der Waals surface area contributed by atoms with Crippen LogP contribution >= 0.6 is 27.3 Å². The van der Waals surface area contributed by atoms with E-state index in [1.54, 1.807) is 0 Å². The summed E-state index contributed by atoms with van der Waals surface area (Å²) in [5.74, 6) is 1.63. The Morgan fingerprint density at radius 1 is 1.23 bits per heavy atom. The van der Waals surface area contributed by atoms with Crippen LogP contribution in [0.1, 0.15) is 18.1 Å². The van der Waals surface area contributed by atoms with E-state index in [-0.39, 0.29) is 5.82 Å². The van der Waals surface area contributed by atoms with E-state index in [0.29, 0.717) is 17.2 Å². The predicted molar refractivity (Wildman–Crippen MR) is 123 cm³/mol. The Bertz CT molecular complexity index is 1190. The molecule has 0 bridgehead atoms. The van der Waals surface area contributed by atoms with E-state index in [1.165, 1.54) is 28.8 Å². The fourth-order valence-corrected chi connectivity index (χ4v) is 4.55. The quantitative estimate of drug-likeness (QED) is 0.344. The molecule has 0 fully saturated rings. The first-order valence-electron chi connectivity index (χ1n) is 9.64. The third-order valence-corrected chi connectivity index (χ3v) is 6.17. The molecule has 160 valence electrons. The Kier molecular flexibility index (Phi) is 6.47. The summed E-state index contributed by atoms with van der Waals surface area (Å²) in [6.45, 7) is 5.24. The first-order chi connectivity index (χ1) is 15.0. The number of hydrogen-bond acceptors (Lipinski definition) is 9. The molecule has 10 heteroatoms. The number of benzene rings is 1. The Morgan fingerprint density at radius 3 is 2.84 bits per heavy atom. The number of thiophene rings is 1. The average Bonchev–Trinajstić information content (AvgIpc) is 3.36. The highest BCUT2D eigenvalue weighted by Gasteiger charge is 2.19. The molecule has 0 aliphatic rings. The summed E-state index contributed by atoms with van der Waals surface area (Å²) in [6.07, 6.45) is 1.93. The third kappa shape index (κ3) is 5.02. The Labute approximate surface area is 191 Å². The normalized spacial score (nSPS) is 10.9. The molecule has 0 radical (unpaired) electrons. The summed E-state index contributed by atoms with van der Waals surface area (Å²) in [6, 6.07) is 10.1. The number of nitrogens with one attached hydrogen (secondary N) is 1. The molecule has 2 N–H and O–H groups in total. The molecule has 0 aliphatic carbocycles. The number of aromatic nitrogens is 4. The first kappa shape index (κ1) is 21.3. The Balaban J connectivity index is 1.51. The summed E-state index contributed by atoms with van der Waals surface area (Å²) in [5, 5.41) is 16.5. The molecule has 0 spiro atoms. The summed E-state index contributed by atoms with van der Waals surface area (Å²) in [4.78, 5) is 14.2. The van der Waals surface area contributed by atoms with E-state index >= 15 is 0 Å². The fourth-order valence-electron chi connectivity index (χ4n) is 3.08. The van der Waals surface area contributed by atoms with Gasteiger partial charge < -0.3 is 15.2 Å². The second kappa shape index (κ2) is 9.44. The molecule has 0 atom stereocenters. The van der Waals surface area contributed by atoms with E-state index in [0.717, 1.165) is 33.8 Å². The van der Waals surface area contributed by atoms with Crippen molar-refractivity contribution in [3.63, 3.8) is 0 Å². The highest BCUT2D eigenvalue weighted by Crippen LogP contribution is 2.41. The first-order valence-corrected chi connectivity index (χ1v) is 11.3. The molecule has 3 aromatic heterocycles. The van der Waals surface area contributed by atoms with E-state index < -0.39 is 6.08 Å². The molecule has 3 heterocycles. The topological polar surface area (TPSA) is 106 Å². The average molecular weight is 502 g/mol. The second-order valence-electron chi connectivity index (χ2n) is 6.67. The lowest BCUT2D eigenvalue weighted by atomic mass is 10.1. The van der Waals surface area contributed by atoms with Crippen LogP contribution in [0.25, 0.3) is 21.3 Å². The van der Waals surface area contributed by atoms with Crippen molar-refractivity contribution in [3.8, 4) is 33.1 Å². The number of aryl methyl sites for hydroxylation is 1. The van der Waals surface area contributed by atoms with Crippen molar-refractivity contribution in [3.05, 3.63) is 52.3 Å². The molecule has 0 saturated carbocycles. The van der Waals surface area contributed by atoms with E-state index in [9.17, 15) is 5.11 Å². The summed E-state index contributed by atoms with van der Waals surface area (Å²) in [5.41, 5.74) is 3.29. The van der Waals surface area contributed by atoms with Gasteiger partial charge in [0.05, 0.1) is 17.2 Å². The molecule has 4 aromatic rings. The monoisotopic (exact) mass is 501 g/mol. The number of hydrogen-bond donors (Lipinski definition) is 2. The van der Waals surface area contributed by atoms with E-state index in [1.807, 2.05) is 19.1 Å². The number of halogens is 1. The van der Waals surface area contributed by atoms with Crippen LogP contribution in [0.3, 0.4) is 0 Å². The minimum atomic E-state index is -0.484. The molecule has 0 saturated heterocycles. The van der Waals surface area contributed by atoms with Crippen molar-refractivity contribution >= 4 is 33.1 Å². The smallest absolute Gasteiger partial charge is 0.415 e. The van der Waals surface area contributed by atoms with Gasteiger partial charge in [-0.25, -0.2) is 9.97 Å². The van der Waals surface area contributed by atoms with Crippen LogP contribution < -0.4 is 10.1 Å². The minimum absolute atomic E-state index is 0.273. The van der Waals surface area contributed by atoms with E-state index in [2.05, 4.69) is 71.0 Å². The number of aromatic hydroxyl groups is 1. The zero-order valence-electron chi connectivity index (χ0n) is 16.9. The maximum Gasteiger partial charge on any atom is 0.415 e. The van der Waals surface area contributed by atoms with Gasteiger partial charge in [0, 0.05) is 23.2 Å². The van der Waals surface area contributed by atoms with Gasteiger partial charge in [0.25, 0.3) is 0 Å². The molecule has 4 rings (SSSR count). The number of nitrogens with zero attached hydrogens (tertiary/aromatic N) is 4. The van der Waals surface area contributed by atoms with Gasteiger partial charge in [-0.2, -0.15) is 4.98 Å². The number of anilines is 1. The third-order valence-electron chi connectivity index (χ3n) is 4.54. The summed E-state index contributed by atoms with van der Waals surface area (Å²) < 4.78 is 11.5. The molecule has 0 amide bonds. The minimum Gasteiger partial charge on any atom is -0.492 e. The van der Waals surface area contributed by atoms with Crippen LogP contribution in [0.15, 0.2) is 45.7 Å². The Hall–Kier alpha value is -2.98. The molecular weight excluding hydrogens is 482 g/mol. The van der Waals surface area contributed by atoms with Crippen LogP contribution in [-0.4, -0.2) is 38.4 Å². The maximum absolute atomic E-state index is 9.38. The molecule has 8 nitrogen and oxygen atoms in total. The largest absolute Gasteiger partial charge is 0.492 e. The van der Waals surface area contributed by atoms with Crippen LogP contribution in [0, 0.1) is 6.92 Å². The second-order valence-corrected chi connectivity index (χ2v) is 8.64. The Morgan fingerprint density at radius 2 is 2.10 bits per heavy atom. The lowest BCUT2D eigenvalue weighted by Crippen LogP contribution is -2.07. The van der Waals surface area contributed by atoms with Crippen molar-refractivity contribution in [1.29, 1.82) is 0 Å². The predicted octanol–water partition coefficient (Wildman–Crippen LogP) is 5.08. The van der Waals surface area contributed by atoms with Crippen LogP contribution in [0.2, 0.25) is 0 Å². The van der Waals surface area contributed by atoms with Gasteiger partial charge in [-0.3, -0.25) is 4.52 Å². The molecule has 0 unspecified atom stereocenters. The molecule has 1 aromatic carbocycles. The SMILES string of the molecule is CCOc1cc(-c2cc(NCCc3ccc(Br)cc3C)ncn2)sc1-c1noc(O)n1. The standard InChI is InChI=1S/C21H20BrN5O3S/c1-3-29-16-10-17(31-19(16)20-26-21(28)30-27-20)15-9-18(25-11-24-15)23-7-6-13-4-5-14(22)8-12(13)2/h4-5,8-11H,3,6-7H2,1-2H3,(H,23,24,25)(H,26,27,28). The molecular formula is C21H20BrN5O3S. The van der Waals surface area contributed by atoms with Gasteiger partial charge in [0.15, 0.2) is 0 Å². The summed E-state index contributed by atoms with van der Waals surface area (Å²) in [7, 11) is 0.